The Bertz CT molecular complexity index is 406. The second kappa shape index (κ2) is 5.39. The Labute approximate surface area is 105 Å². The number of anilines is 1. The van der Waals surface area contributed by atoms with E-state index in [1.54, 1.807) is 5.57 Å². The van der Waals surface area contributed by atoms with Crippen LogP contribution in [0, 0.1) is 18.8 Å². The molecule has 1 N–H and O–H groups in total. The average molecular weight is 229 g/mol. The number of para-hydroxylation sites is 1. The summed E-state index contributed by atoms with van der Waals surface area (Å²) in [6.07, 6.45) is 4.99. The summed E-state index contributed by atoms with van der Waals surface area (Å²) in [5.74, 6) is 1.53. The smallest absolute Gasteiger partial charge is 0.0369 e. The molecule has 17 heavy (non-hydrogen) atoms. The zero-order valence-electron chi connectivity index (χ0n) is 11.2. The van der Waals surface area contributed by atoms with Crippen LogP contribution in [-0.4, -0.2) is 6.54 Å². The Kier molecular flexibility index (Phi) is 3.88. The number of nitrogens with one attached hydrogen (secondary N) is 1. The first-order chi connectivity index (χ1) is 8.15. The van der Waals surface area contributed by atoms with Gasteiger partial charge >= 0.3 is 0 Å². The Hall–Kier alpha value is -1.24. The van der Waals surface area contributed by atoms with Crippen LogP contribution >= 0.6 is 0 Å². The van der Waals surface area contributed by atoms with Crippen LogP contribution in [0.15, 0.2) is 35.9 Å². The predicted molar refractivity (Wildman–Crippen MR) is 75.3 cm³/mol. The van der Waals surface area contributed by atoms with Crippen molar-refractivity contribution in [2.75, 3.05) is 11.9 Å². The maximum atomic E-state index is 3.60. The van der Waals surface area contributed by atoms with Crippen LogP contribution in [0.5, 0.6) is 0 Å². The molecule has 2 unspecified atom stereocenters. The zero-order valence-corrected chi connectivity index (χ0v) is 11.2. The van der Waals surface area contributed by atoms with E-state index >= 15 is 0 Å². The molecule has 92 valence electrons. The first kappa shape index (κ1) is 12.2. The van der Waals surface area contributed by atoms with Gasteiger partial charge in [0.15, 0.2) is 0 Å². The van der Waals surface area contributed by atoms with Crippen LogP contribution in [0.2, 0.25) is 0 Å². The molecule has 0 spiro atoms. The van der Waals surface area contributed by atoms with E-state index < -0.39 is 0 Å². The molecule has 0 aliphatic heterocycles. The molecule has 2 rings (SSSR count). The molecule has 0 radical (unpaired) electrons. The van der Waals surface area contributed by atoms with Crippen LogP contribution in [0.4, 0.5) is 5.69 Å². The first-order valence-electron chi connectivity index (χ1n) is 6.62. The third-order valence-corrected chi connectivity index (χ3v) is 3.61. The predicted octanol–water partition coefficient (Wildman–Crippen LogP) is 4.40. The standard InChI is InChI=1S/C16H23N/c1-12-8-13(2)10-15(9-12)11-17-16-7-5-4-6-14(16)3/h4-8,12,15,17H,9-11H2,1-3H3. The van der Waals surface area contributed by atoms with Gasteiger partial charge in [-0.25, -0.2) is 0 Å². The Balaban J connectivity index is 1.91. The van der Waals surface area contributed by atoms with E-state index in [0.29, 0.717) is 0 Å². The Morgan fingerprint density at radius 1 is 1.24 bits per heavy atom. The summed E-state index contributed by atoms with van der Waals surface area (Å²) < 4.78 is 0. The van der Waals surface area contributed by atoms with Gasteiger partial charge in [0.1, 0.15) is 0 Å². The molecule has 1 aliphatic carbocycles. The molecule has 0 bridgehead atoms. The van der Waals surface area contributed by atoms with Gasteiger partial charge in [-0.1, -0.05) is 36.8 Å². The van der Waals surface area contributed by atoms with Gasteiger partial charge in [-0.3, -0.25) is 0 Å². The van der Waals surface area contributed by atoms with Gasteiger partial charge in [-0.15, -0.1) is 0 Å². The lowest BCUT2D eigenvalue weighted by Crippen LogP contribution is -2.20. The summed E-state index contributed by atoms with van der Waals surface area (Å²) in [5, 5.41) is 3.60. The van der Waals surface area contributed by atoms with Crippen LogP contribution in [0.3, 0.4) is 0 Å². The first-order valence-corrected chi connectivity index (χ1v) is 6.62. The van der Waals surface area contributed by atoms with E-state index in [2.05, 4.69) is 56.4 Å². The summed E-state index contributed by atoms with van der Waals surface area (Å²) in [7, 11) is 0. The van der Waals surface area contributed by atoms with Gasteiger partial charge < -0.3 is 5.32 Å². The highest BCUT2D eigenvalue weighted by molar-refractivity contribution is 5.50. The topological polar surface area (TPSA) is 12.0 Å². The molecule has 1 heteroatoms. The fourth-order valence-electron chi connectivity index (χ4n) is 2.87. The number of rotatable bonds is 3. The van der Waals surface area contributed by atoms with Gasteiger partial charge in [0.05, 0.1) is 0 Å². The number of benzene rings is 1. The van der Waals surface area contributed by atoms with Crippen molar-refractivity contribution in [2.24, 2.45) is 11.8 Å². The molecule has 1 nitrogen and oxygen atoms in total. The number of aryl methyl sites for hydroxylation is 1. The average Bonchev–Trinajstić information content (AvgIpc) is 2.27. The molecule has 1 aromatic rings. The molecule has 0 saturated carbocycles. The van der Waals surface area contributed by atoms with Crippen LogP contribution in [0.25, 0.3) is 0 Å². The van der Waals surface area contributed by atoms with E-state index in [0.717, 1.165) is 18.4 Å². The van der Waals surface area contributed by atoms with Crippen molar-refractivity contribution in [3.05, 3.63) is 41.5 Å². The Morgan fingerprint density at radius 3 is 2.71 bits per heavy atom. The van der Waals surface area contributed by atoms with Gasteiger partial charge in [-0.2, -0.15) is 0 Å². The van der Waals surface area contributed by atoms with Crippen molar-refractivity contribution in [2.45, 2.75) is 33.6 Å². The van der Waals surface area contributed by atoms with Crippen LogP contribution in [-0.2, 0) is 0 Å². The summed E-state index contributed by atoms with van der Waals surface area (Å²) in [6.45, 7) is 7.84. The highest BCUT2D eigenvalue weighted by atomic mass is 14.9. The van der Waals surface area contributed by atoms with E-state index in [-0.39, 0.29) is 0 Å². The van der Waals surface area contributed by atoms with E-state index in [1.165, 1.54) is 24.1 Å². The molecule has 0 amide bonds. The highest BCUT2D eigenvalue weighted by Crippen LogP contribution is 2.28. The second-order valence-electron chi connectivity index (χ2n) is 5.49. The van der Waals surface area contributed by atoms with Crippen molar-refractivity contribution in [3.8, 4) is 0 Å². The summed E-state index contributed by atoms with van der Waals surface area (Å²) >= 11 is 0. The fraction of sp³-hybridized carbons (Fsp3) is 0.500. The summed E-state index contributed by atoms with van der Waals surface area (Å²) in [4.78, 5) is 0. The Morgan fingerprint density at radius 2 is 2.00 bits per heavy atom. The minimum absolute atomic E-state index is 0.743. The quantitative estimate of drug-likeness (QED) is 0.757. The van der Waals surface area contributed by atoms with Gasteiger partial charge in [0.2, 0.25) is 0 Å². The lowest BCUT2D eigenvalue weighted by molar-refractivity contribution is 0.421. The number of hydrogen-bond acceptors (Lipinski definition) is 1. The van der Waals surface area contributed by atoms with Gasteiger partial charge in [-0.05, 0) is 50.2 Å². The lowest BCUT2D eigenvalue weighted by Gasteiger charge is -2.26. The minimum atomic E-state index is 0.743. The van der Waals surface area contributed by atoms with Crippen molar-refractivity contribution in [1.82, 2.24) is 0 Å². The molecule has 0 fully saturated rings. The van der Waals surface area contributed by atoms with E-state index in [9.17, 15) is 0 Å². The minimum Gasteiger partial charge on any atom is -0.385 e. The van der Waals surface area contributed by atoms with E-state index in [4.69, 9.17) is 0 Å². The number of hydrogen-bond donors (Lipinski definition) is 1. The third-order valence-electron chi connectivity index (χ3n) is 3.61. The third kappa shape index (κ3) is 3.36. The highest BCUT2D eigenvalue weighted by Gasteiger charge is 2.17. The molecule has 0 heterocycles. The lowest BCUT2D eigenvalue weighted by atomic mass is 9.83. The molecular formula is C16H23N. The van der Waals surface area contributed by atoms with Crippen molar-refractivity contribution < 1.29 is 0 Å². The SMILES string of the molecule is CC1=CC(C)CC(CNc2ccccc2C)C1. The summed E-state index contributed by atoms with van der Waals surface area (Å²) in [5.41, 5.74) is 4.18. The van der Waals surface area contributed by atoms with Crippen LogP contribution in [0.1, 0.15) is 32.3 Å². The fourth-order valence-corrected chi connectivity index (χ4v) is 2.87. The second-order valence-corrected chi connectivity index (χ2v) is 5.49. The monoisotopic (exact) mass is 229 g/mol. The summed E-state index contributed by atoms with van der Waals surface area (Å²) in [6, 6.07) is 8.53. The molecular weight excluding hydrogens is 206 g/mol. The molecule has 1 aromatic carbocycles. The van der Waals surface area contributed by atoms with Gasteiger partial charge in [0.25, 0.3) is 0 Å². The molecule has 2 atom stereocenters. The van der Waals surface area contributed by atoms with Gasteiger partial charge in [0, 0.05) is 12.2 Å². The van der Waals surface area contributed by atoms with Crippen molar-refractivity contribution in [3.63, 3.8) is 0 Å². The van der Waals surface area contributed by atoms with Crippen LogP contribution < -0.4 is 5.32 Å². The normalized spacial score (nSPS) is 24.3. The zero-order chi connectivity index (χ0) is 12.3. The molecule has 0 aromatic heterocycles. The molecule has 1 aliphatic rings. The maximum Gasteiger partial charge on any atom is 0.0369 e. The number of allylic oxidation sites excluding steroid dienone is 2. The van der Waals surface area contributed by atoms with Crippen molar-refractivity contribution >= 4 is 5.69 Å². The van der Waals surface area contributed by atoms with E-state index in [1.807, 2.05) is 0 Å². The largest absolute Gasteiger partial charge is 0.385 e. The van der Waals surface area contributed by atoms with Crippen molar-refractivity contribution in [1.29, 1.82) is 0 Å². The maximum absolute atomic E-state index is 3.60. The molecule has 0 saturated heterocycles.